The van der Waals surface area contributed by atoms with Crippen molar-refractivity contribution in [3.8, 4) is 0 Å². The molecule has 3 heterocycles. The lowest BCUT2D eigenvalue weighted by molar-refractivity contribution is -0.137. The van der Waals surface area contributed by atoms with Crippen molar-refractivity contribution in [2.45, 2.75) is 25.8 Å². The number of hydrogen-bond acceptors (Lipinski definition) is 6. The van der Waals surface area contributed by atoms with Gasteiger partial charge in [0, 0.05) is 13.1 Å². The predicted molar refractivity (Wildman–Crippen MR) is 75.4 cm³/mol. The summed E-state index contributed by atoms with van der Waals surface area (Å²) in [5.41, 5.74) is 0.0698. The fourth-order valence-electron chi connectivity index (χ4n) is 2.31. The molecule has 0 spiro atoms. The third-order valence-electron chi connectivity index (χ3n) is 3.30. The quantitative estimate of drug-likeness (QED) is 0.906. The van der Waals surface area contributed by atoms with Crippen molar-refractivity contribution in [2.75, 3.05) is 18.0 Å². The van der Waals surface area contributed by atoms with Gasteiger partial charge in [0.05, 0.1) is 0 Å². The van der Waals surface area contributed by atoms with E-state index in [2.05, 4.69) is 14.9 Å². The Morgan fingerprint density at radius 2 is 2.10 bits per heavy atom. The number of piperidine rings is 1. The Kier molecular flexibility index (Phi) is 3.39. The van der Waals surface area contributed by atoms with Crippen LogP contribution in [-0.2, 0) is 11.3 Å². The number of nitrogens with zero attached hydrogens (tertiary/aromatic N) is 4. The normalized spacial score (nSPS) is 15.7. The van der Waals surface area contributed by atoms with E-state index in [0.717, 1.165) is 35.6 Å². The first-order valence-corrected chi connectivity index (χ1v) is 7.29. The molecule has 2 aromatic heterocycles. The maximum atomic E-state index is 12.2. The van der Waals surface area contributed by atoms with Crippen molar-refractivity contribution >= 4 is 32.8 Å². The molecule has 0 amide bonds. The fourth-order valence-corrected chi connectivity index (χ4v) is 3.33. The first-order valence-electron chi connectivity index (χ1n) is 6.48. The zero-order valence-electron chi connectivity index (χ0n) is 10.8. The van der Waals surface area contributed by atoms with Gasteiger partial charge in [0.25, 0.3) is 5.56 Å². The van der Waals surface area contributed by atoms with Crippen LogP contribution < -0.4 is 10.5 Å². The number of thiazole rings is 1. The van der Waals surface area contributed by atoms with E-state index in [-0.39, 0.29) is 12.1 Å². The number of rotatable bonds is 3. The van der Waals surface area contributed by atoms with Gasteiger partial charge in [-0.25, -0.2) is 4.98 Å². The smallest absolute Gasteiger partial charge is 0.323 e. The van der Waals surface area contributed by atoms with Crippen molar-refractivity contribution in [1.29, 1.82) is 0 Å². The molecule has 0 aromatic carbocycles. The van der Waals surface area contributed by atoms with E-state index in [9.17, 15) is 9.59 Å². The molecule has 1 fully saturated rings. The Morgan fingerprint density at radius 1 is 1.35 bits per heavy atom. The number of aromatic nitrogens is 3. The van der Waals surface area contributed by atoms with Crippen molar-refractivity contribution in [1.82, 2.24) is 14.5 Å². The zero-order valence-corrected chi connectivity index (χ0v) is 11.6. The van der Waals surface area contributed by atoms with Crippen LogP contribution in [0.15, 0.2) is 11.1 Å². The number of carboxylic acid groups (broad SMARTS) is 1. The lowest BCUT2D eigenvalue weighted by Gasteiger charge is -2.25. The topological polar surface area (TPSA) is 88.3 Å². The van der Waals surface area contributed by atoms with Crippen LogP contribution in [0, 0.1) is 0 Å². The third-order valence-corrected chi connectivity index (χ3v) is 4.40. The SMILES string of the molecule is O=C(O)Cn1cnc2nc(N3CCCCC3)sc2c1=O. The third kappa shape index (κ3) is 2.38. The predicted octanol–water partition coefficient (Wildman–Crippen LogP) is 0.928. The molecule has 1 aliphatic rings. The highest BCUT2D eigenvalue weighted by atomic mass is 32.1. The molecule has 0 radical (unpaired) electrons. The van der Waals surface area contributed by atoms with Crippen molar-refractivity contribution in [3.63, 3.8) is 0 Å². The summed E-state index contributed by atoms with van der Waals surface area (Å²) >= 11 is 1.30. The van der Waals surface area contributed by atoms with E-state index >= 15 is 0 Å². The second kappa shape index (κ2) is 5.20. The fraction of sp³-hybridized carbons (Fsp3) is 0.500. The van der Waals surface area contributed by atoms with Gasteiger partial charge in [-0.05, 0) is 19.3 Å². The lowest BCUT2D eigenvalue weighted by atomic mass is 10.1. The second-order valence-corrected chi connectivity index (χ2v) is 5.75. The number of carboxylic acids is 1. The van der Waals surface area contributed by atoms with Gasteiger partial charge in [-0.3, -0.25) is 14.2 Å². The van der Waals surface area contributed by atoms with E-state index in [4.69, 9.17) is 5.11 Å². The monoisotopic (exact) mass is 294 g/mol. The molecular weight excluding hydrogens is 280 g/mol. The summed E-state index contributed by atoms with van der Waals surface area (Å²) in [6, 6.07) is 0. The Bertz CT molecular complexity index is 702. The molecule has 1 saturated heterocycles. The van der Waals surface area contributed by atoms with Gasteiger partial charge >= 0.3 is 5.97 Å². The molecule has 1 aliphatic heterocycles. The number of fused-ring (bicyclic) bond motifs is 1. The minimum atomic E-state index is -1.06. The number of hydrogen-bond donors (Lipinski definition) is 1. The van der Waals surface area contributed by atoms with Gasteiger partial charge in [0.2, 0.25) is 0 Å². The maximum Gasteiger partial charge on any atom is 0.323 e. The molecule has 106 valence electrons. The molecule has 0 bridgehead atoms. The molecule has 0 unspecified atom stereocenters. The molecule has 7 nitrogen and oxygen atoms in total. The van der Waals surface area contributed by atoms with Crippen LogP contribution in [-0.4, -0.2) is 38.7 Å². The van der Waals surface area contributed by atoms with Crippen LogP contribution in [0.5, 0.6) is 0 Å². The number of aliphatic carboxylic acids is 1. The standard InChI is InChI=1S/C12H14N4O3S/c17-8(18)6-16-7-13-10-9(11(16)19)20-12(14-10)15-4-2-1-3-5-15/h7H,1-6H2,(H,17,18). The summed E-state index contributed by atoms with van der Waals surface area (Å²) < 4.78 is 1.53. The van der Waals surface area contributed by atoms with Gasteiger partial charge in [0.1, 0.15) is 17.6 Å². The largest absolute Gasteiger partial charge is 0.480 e. The molecule has 3 rings (SSSR count). The molecule has 0 atom stereocenters. The Labute approximate surface area is 118 Å². The molecular formula is C12H14N4O3S. The average molecular weight is 294 g/mol. The molecule has 0 aliphatic carbocycles. The molecule has 1 N–H and O–H groups in total. The van der Waals surface area contributed by atoms with Gasteiger partial charge in [-0.15, -0.1) is 0 Å². The summed E-state index contributed by atoms with van der Waals surface area (Å²) in [4.78, 5) is 33.5. The van der Waals surface area contributed by atoms with Gasteiger partial charge in [-0.1, -0.05) is 11.3 Å². The van der Waals surface area contributed by atoms with Crippen LogP contribution in [0.25, 0.3) is 10.3 Å². The van der Waals surface area contributed by atoms with Crippen LogP contribution in [0.4, 0.5) is 5.13 Å². The molecule has 8 heteroatoms. The Balaban J connectivity index is 2.00. The maximum absolute atomic E-state index is 12.2. The van der Waals surface area contributed by atoms with Gasteiger partial charge in [0.15, 0.2) is 10.8 Å². The highest BCUT2D eigenvalue weighted by Crippen LogP contribution is 2.27. The summed E-state index contributed by atoms with van der Waals surface area (Å²) in [5.74, 6) is -1.06. The second-order valence-electron chi connectivity index (χ2n) is 4.77. The van der Waals surface area contributed by atoms with Crippen LogP contribution in [0.1, 0.15) is 19.3 Å². The minimum absolute atomic E-state index is 0.335. The molecule has 2 aromatic rings. The summed E-state index contributed by atoms with van der Waals surface area (Å²) in [7, 11) is 0. The first kappa shape index (κ1) is 13.0. The van der Waals surface area contributed by atoms with Crippen LogP contribution in [0.2, 0.25) is 0 Å². The van der Waals surface area contributed by atoms with Crippen molar-refractivity contribution in [2.24, 2.45) is 0 Å². The number of anilines is 1. The minimum Gasteiger partial charge on any atom is -0.480 e. The first-order chi connectivity index (χ1) is 9.65. The lowest BCUT2D eigenvalue weighted by Crippen LogP contribution is -2.29. The highest BCUT2D eigenvalue weighted by molar-refractivity contribution is 7.22. The zero-order chi connectivity index (χ0) is 14.1. The van der Waals surface area contributed by atoms with Crippen molar-refractivity contribution in [3.05, 3.63) is 16.7 Å². The summed E-state index contributed by atoms with van der Waals surface area (Å²) in [6.07, 6.45) is 4.74. The van der Waals surface area contributed by atoms with E-state index < -0.39 is 5.97 Å². The van der Waals surface area contributed by atoms with Crippen molar-refractivity contribution < 1.29 is 9.90 Å². The summed E-state index contributed by atoms with van der Waals surface area (Å²) in [5, 5.41) is 9.57. The Morgan fingerprint density at radius 3 is 2.80 bits per heavy atom. The number of carbonyl (C=O) groups is 1. The van der Waals surface area contributed by atoms with Gasteiger partial charge in [-0.2, -0.15) is 4.98 Å². The molecule has 20 heavy (non-hydrogen) atoms. The van der Waals surface area contributed by atoms with E-state index in [1.54, 1.807) is 0 Å². The molecule has 0 saturated carbocycles. The Hall–Kier alpha value is -1.96. The van der Waals surface area contributed by atoms with E-state index in [0.29, 0.717) is 10.3 Å². The summed E-state index contributed by atoms with van der Waals surface area (Å²) in [6.45, 7) is 1.52. The van der Waals surface area contributed by atoms with Gasteiger partial charge < -0.3 is 10.0 Å². The highest BCUT2D eigenvalue weighted by Gasteiger charge is 2.18. The van der Waals surface area contributed by atoms with Crippen LogP contribution in [0.3, 0.4) is 0 Å². The van der Waals surface area contributed by atoms with E-state index in [1.165, 1.54) is 24.1 Å². The van der Waals surface area contributed by atoms with Crippen LogP contribution >= 0.6 is 11.3 Å². The van der Waals surface area contributed by atoms with E-state index in [1.807, 2.05) is 0 Å². The average Bonchev–Trinajstić information content (AvgIpc) is 2.87.